The van der Waals surface area contributed by atoms with E-state index in [0.29, 0.717) is 27.8 Å². The molecule has 28 heavy (non-hydrogen) atoms. The fraction of sp³-hybridized carbons (Fsp3) is 0.105. The summed E-state index contributed by atoms with van der Waals surface area (Å²) in [4.78, 5) is 38.4. The van der Waals surface area contributed by atoms with Gasteiger partial charge in [0, 0.05) is 16.7 Å². The summed E-state index contributed by atoms with van der Waals surface area (Å²) in [6.45, 7) is 0.0527. The molecule has 4 rings (SSSR count). The quantitative estimate of drug-likeness (QED) is 0.629. The number of methoxy groups -OCH3 is 1. The molecule has 0 atom stereocenters. The lowest BCUT2D eigenvalue weighted by Gasteiger charge is -2.26. The summed E-state index contributed by atoms with van der Waals surface area (Å²) in [5.41, 5.74) is 0.425. The predicted molar refractivity (Wildman–Crippen MR) is 99.6 cm³/mol. The van der Waals surface area contributed by atoms with E-state index in [2.05, 4.69) is 5.32 Å². The highest BCUT2D eigenvalue weighted by molar-refractivity contribution is 6.39. The van der Waals surface area contributed by atoms with Crippen LogP contribution in [-0.2, 0) is 9.59 Å². The number of urea groups is 1. The van der Waals surface area contributed by atoms with Gasteiger partial charge in [0.1, 0.15) is 11.3 Å². The summed E-state index contributed by atoms with van der Waals surface area (Å²) in [5.74, 6) is -0.270. The Morgan fingerprint density at radius 2 is 1.89 bits per heavy atom. The van der Waals surface area contributed by atoms with E-state index in [9.17, 15) is 14.4 Å². The van der Waals surface area contributed by atoms with Gasteiger partial charge in [-0.2, -0.15) is 0 Å². The standard InChI is InChI=1S/C19H13ClN2O6/c1-26-14-4-2-11(20)6-10(14)7-13-17(23)21-19(25)22(18(13)24)12-3-5-15-16(8-12)28-9-27-15/h2-8H,9H2,1H3,(H,21,23,25)/b13-7+. The fourth-order valence-electron chi connectivity index (χ4n) is 2.89. The van der Waals surface area contributed by atoms with Crippen LogP contribution in [0.4, 0.5) is 10.5 Å². The topological polar surface area (TPSA) is 94.2 Å². The molecule has 0 aromatic heterocycles. The van der Waals surface area contributed by atoms with Crippen molar-refractivity contribution in [2.75, 3.05) is 18.8 Å². The predicted octanol–water partition coefficient (Wildman–Crippen LogP) is 2.74. The van der Waals surface area contributed by atoms with Crippen LogP contribution < -0.4 is 24.4 Å². The van der Waals surface area contributed by atoms with E-state index in [1.165, 1.54) is 25.3 Å². The number of carbonyl (C=O) groups is 3. The average molecular weight is 401 g/mol. The van der Waals surface area contributed by atoms with Gasteiger partial charge >= 0.3 is 6.03 Å². The van der Waals surface area contributed by atoms with E-state index >= 15 is 0 Å². The van der Waals surface area contributed by atoms with Crippen molar-refractivity contribution in [3.63, 3.8) is 0 Å². The van der Waals surface area contributed by atoms with E-state index in [1.807, 2.05) is 0 Å². The number of hydrogen-bond acceptors (Lipinski definition) is 6. The zero-order valence-corrected chi connectivity index (χ0v) is 15.3. The highest BCUT2D eigenvalue weighted by Gasteiger charge is 2.37. The Hall–Kier alpha value is -3.52. The van der Waals surface area contributed by atoms with E-state index in [4.69, 9.17) is 25.8 Å². The zero-order valence-electron chi connectivity index (χ0n) is 14.5. The van der Waals surface area contributed by atoms with Crippen molar-refractivity contribution in [1.82, 2.24) is 5.32 Å². The van der Waals surface area contributed by atoms with Crippen molar-refractivity contribution in [2.45, 2.75) is 0 Å². The number of amides is 4. The number of rotatable bonds is 3. The molecule has 142 valence electrons. The Kier molecular flexibility index (Phi) is 4.40. The molecule has 2 aliphatic rings. The number of benzene rings is 2. The fourth-order valence-corrected chi connectivity index (χ4v) is 3.07. The number of nitrogens with one attached hydrogen (secondary N) is 1. The molecule has 8 nitrogen and oxygen atoms in total. The van der Waals surface area contributed by atoms with Gasteiger partial charge in [-0.15, -0.1) is 0 Å². The van der Waals surface area contributed by atoms with Gasteiger partial charge in [-0.3, -0.25) is 14.9 Å². The number of barbiturate groups is 1. The molecule has 0 saturated carbocycles. The molecule has 2 aromatic rings. The first-order valence-corrected chi connectivity index (χ1v) is 8.50. The third kappa shape index (κ3) is 3.03. The first-order chi connectivity index (χ1) is 13.5. The number of carbonyl (C=O) groups excluding carboxylic acids is 3. The smallest absolute Gasteiger partial charge is 0.335 e. The molecule has 0 unspecified atom stereocenters. The molecule has 0 bridgehead atoms. The van der Waals surface area contributed by atoms with Gasteiger partial charge in [-0.25, -0.2) is 9.69 Å². The Balaban J connectivity index is 1.75. The summed E-state index contributed by atoms with van der Waals surface area (Å²) in [7, 11) is 1.45. The van der Waals surface area contributed by atoms with Gasteiger partial charge in [0.05, 0.1) is 12.8 Å². The SMILES string of the molecule is COc1ccc(Cl)cc1/C=C1\C(=O)NC(=O)N(c2ccc3c(c2)OCO3)C1=O. The molecule has 9 heteroatoms. The number of imide groups is 2. The number of fused-ring (bicyclic) bond motifs is 1. The minimum absolute atomic E-state index is 0.0527. The van der Waals surface area contributed by atoms with Crippen LogP contribution >= 0.6 is 11.6 Å². The molecule has 2 aromatic carbocycles. The Morgan fingerprint density at radius 1 is 1.11 bits per heavy atom. The molecule has 1 saturated heterocycles. The van der Waals surface area contributed by atoms with Crippen LogP contribution in [0.25, 0.3) is 6.08 Å². The van der Waals surface area contributed by atoms with Gasteiger partial charge in [0.25, 0.3) is 11.8 Å². The van der Waals surface area contributed by atoms with Gasteiger partial charge in [-0.05, 0) is 36.4 Å². The molecule has 0 radical (unpaired) electrons. The highest BCUT2D eigenvalue weighted by atomic mass is 35.5. The first kappa shape index (κ1) is 17.9. The van der Waals surface area contributed by atoms with Crippen LogP contribution in [0, 0.1) is 0 Å². The number of anilines is 1. The first-order valence-electron chi connectivity index (χ1n) is 8.12. The van der Waals surface area contributed by atoms with Crippen molar-refractivity contribution < 1.29 is 28.6 Å². The van der Waals surface area contributed by atoms with Crippen molar-refractivity contribution in [1.29, 1.82) is 0 Å². The highest BCUT2D eigenvalue weighted by Crippen LogP contribution is 2.36. The van der Waals surface area contributed by atoms with Crippen LogP contribution in [0.15, 0.2) is 42.0 Å². The lowest BCUT2D eigenvalue weighted by molar-refractivity contribution is -0.122. The molecule has 0 aliphatic carbocycles. The summed E-state index contributed by atoms with van der Waals surface area (Å²) >= 11 is 6.01. The van der Waals surface area contributed by atoms with Crippen molar-refractivity contribution in [3.8, 4) is 17.2 Å². The van der Waals surface area contributed by atoms with Gasteiger partial charge in [0.2, 0.25) is 6.79 Å². The molecule has 1 fully saturated rings. The molecular formula is C19H13ClN2O6. The summed E-state index contributed by atoms with van der Waals surface area (Å²) in [6.07, 6.45) is 1.33. The maximum absolute atomic E-state index is 13.0. The minimum atomic E-state index is -0.857. The van der Waals surface area contributed by atoms with Crippen LogP contribution in [0.5, 0.6) is 17.2 Å². The number of nitrogens with zero attached hydrogens (tertiary/aromatic N) is 1. The van der Waals surface area contributed by atoms with Crippen molar-refractivity contribution in [2.24, 2.45) is 0 Å². The van der Waals surface area contributed by atoms with Gasteiger partial charge in [0.15, 0.2) is 11.5 Å². The van der Waals surface area contributed by atoms with Crippen LogP contribution in [-0.4, -0.2) is 31.7 Å². The van der Waals surface area contributed by atoms with E-state index in [0.717, 1.165) is 4.90 Å². The molecule has 1 N–H and O–H groups in total. The van der Waals surface area contributed by atoms with Crippen molar-refractivity contribution in [3.05, 3.63) is 52.6 Å². The van der Waals surface area contributed by atoms with Crippen LogP contribution in [0.3, 0.4) is 0 Å². The molecule has 2 aliphatic heterocycles. The van der Waals surface area contributed by atoms with Crippen LogP contribution in [0.2, 0.25) is 5.02 Å². The Labute approximate surface area is 164 Å². The molecule has 2 heterocycles. The minimum Gasteiger partial charge on any atom is -0.496 e. The monoisotopic (exact) mass is 400 g/mol. The number of ether oxygens (including phenoxy) is 3. The average Bonchev–Trinajstić information content (AvgIpc) is 3.13. The third-order valence-corrected chi connectivity index (χ3v) is 4.44. The largest absolute Gasteiger partial charge is 0.496 e. The van der Waals surface area contributed by atoms with Gasteiger partial charge < -0.3 is 14.2 Å². The zero-order chi connectivity index (χ0) is 19.8. The van der Waals surface area contributed by atoms with Crippen LogP contribution in [0.1, 0.15) is 5.56 Å². The van der Waals surface area contributed by atoms with Gasteiger partial charge in [-0.1, -0.05) is 11.6 Å². The third-order valence-electron chi connectivity index (χ3n) is 4.21. The number of halogens is 1. The van der Waals surface area contributed by atoms with E-state index in [1.54, 1.807) is 24.3 Å². The Morgan fingerprint density at radius 3 is 2.68 bits per heavy atom. The van der Waals surface area contributed by atoms with E-state index < -0.39 is 17.8 Å². The summed E-state index contributed by atoms with van der Waals surface area (Å²) < 4.78 is 15.8. The molecule has 4 amide bonds. The summed E-state index contributed by atoms with van der Waals surface area (Å²) in [5, 5.41) is 2.56. The molecule has 0 spiro atoms. The molecular weight excluding hydrogens is 388 g/mol. The lowest BCUT2D eigenvalue weighted by Crippen LogP contribution is -2.54. The normalized spacial score (nSPS) is 17.1. The second-order valence-corrected chi connectivity index (χ2v) is 6.32. The second kappa shape index (κ2) is 6.90. The lowest BCUT2D eigenvalue weighted by atomic mass is 10.1. The van der Waals surface area contributed by atoms with E-state index in [-0.39, 0.29) is 18.1 Å². The number of hydrogen-bond donors (Lipinski definition) is 1. The maximum Gasteiger partial charge on any atom is 0.335 e. The summed E-state index contributed by atoms with van der Waals surface area (Å²) in [6, 6.07) is 8.52. The Bertz CT molecular complexity index is 1050. The maximum atomic E-state index is 13.0. The van der Waals surface area contributed by atoms with Crippen molar-refractivity contribution >= 4 is 41.2 Å². The second-order valence-electron chi connectivity index (χ2n) is 5.88.